The van der Waals surface area contributed by atoms with Crippen molar-refractivity contribution in [1.29, 1.82) is 0 Å². The van der Waals surface area contributed by atoms with E-state index in [1.807, 2.05) is 36.1 Å². The molecule has 154 valence electrons. The van der Waals surface area contributed by atoms with Crippen LogP contribution in [0.25, 0.3) is 0 Å². The Morgan fingerprint density at radius 2 is 2.00 bits per heavy atom. The summed E-state index contributed by atoms with van der Waals surface area (Å²) in [6.07, 6.45) is 1.83. The second-order valence-corrected chi connectivity index (χ2v) is 7.53. The number of aliphatic hydroxyl groups excluding tert-OH is 1. The average Bonchev–Trinajstić information content (AvgIpc) is 2.72. The van der Waals surface area contributed by atoms with Crippen molar-refractivity contribution in [2.24, 2.45) is 5.92 Å². The van der Waals surface area contributed by atoms with E-state index < -0.39 is 6.04 Å². The summed E-state index contributed by atoms with van der Waals surface area (Å²) in [6.45, 7) is 5.90. The number of amides is 2. The Balaban J connectivity index is 1.66. The summed E-state index contributed by atoms with van der Waals surface area (Å²) in [5.74, 6) is 1.04. The van der Waals surface area contributed by atoms with E-state index in [2.05, 4.69) is 10.2 Å². The van der Waals surface area contributed by atoms with Crippen molar-refractivity contribution in [2.75, 3.05) is 39.4 Å². The number of aliphatic hydroxyl groups is 1. The summed E-state index contributed by atoms with van der Waals surface area (Å²) in [6, 6.07) is 7.39. The Morgan fingerprint density at radius 1 is 1.25 bits per heavy atom. The lowest BCUT2D eigenvalue weighted by Crippen LogP contribution is -2.56. The third kappa shape index (κ3) is 5.02. The standard InChI is InChI=1S/C21H31N3O4/c1-2-28-19-6-4-3-5-17(19)14-24-12-9-22-21(27)18(24)13-20(26)23-10-7-16(15-25)8-11-23/h3-6,16,18,25H,2,7-15H2,1H3,(H,22,27)/t18-/m0/s1. The molecule has 2 saturated heterocycles. The van der Waals surface area contributed by atoms with Gasteiger partial charge in [-0.1, -0.05) is 18.2 Å². The van der Waals surface area contributed by atoms with E-state index in [9.17, 15) is 14.7 Å². The molecule has 0 aliphatic carbocycles. The molecule has 1 aromatic rings. The summed E-state index contributed by atoms with van der Waals surface area (Å²) in [5, 5.41) is 12.2. The monoisotopic (exact) mass is 389 g/mol. The highest BCUT2D eigenvalue weighted by Gasteiger charge is 2.34. The average molecular weight is 389 g/mol. The molecule has 2 aliphatic rings. The van der Waals surface area contributed by atoms with Crippen molar-refractivity contribution in [3.8, 4) is 5.75 Å². The first-order valence-corrected chi connectivity index (χ1v) is 10.2. The third-order valence-electron chi connectivity index (χ3n) is 5.68. The van der Waals surface area contributed by atoms with Crippen molar-refractivity contribution in [3.63, 3.8) is 0 Å². The Kier molecular flexibility index (Phi) is 7.28. The maximum Gasteiger partial charge on any atom is 0.237 e. The molecule has 0 radical (unpaired) electrons. The fourth-order valence-electron chi connectivity index (χ4n) is 3.98. The molecule has 3 rings (SSSR count). The van der Waals surface area contributed by atoms with Gasteiger partial charge in [0, 0.05) is 44.9 Å². The van der Waals surface area contributed by atoms with Crippen molar-refractivity contribution in [2.45, 2.75) is 38.8 Å². The van der Waals surface area contributed by atoms with Crippen LogP contribution < -0.4 is 10.1 Å². The highest BCUT2D eigenvalue weighted by atomic mass is 16.5. The molecule has 28 heavy (non-hydrogen) atoms. The Labute approximate surface area is 166 Å². The number of rotatable bonds is 7. The Bertz CT molecular complexity index is 673. The largest absolute Gasteiger partial charge is 0.494 e. The molecule has 2 heterocycles. The second-order valence-electron chi connectivity index (χ2n) is 7.53. The number of para-hydroxylation sites is 1. The SMILES string of the molecule is CCOc1ccccc1CN1CCNC(=O)[C@@H]1CC(=O)N1CCC(CO)CC1. The minimum absolute atomic E-state index is 0.0153. The van der Waals surface area contributed by atoms with E-state index >= 15 is 0 Å². The number of ether oxygens (including phenoxy) is 1. The van der Waals surface area contributed by atoms with Crippen LogP contribution in [0.4, 0.5) is 0 Å². The van der Waals surface area contributed by atoms with E-state index in [1.54, 1.807) is 0 Å². The zero-order valence-corrected chi connectivity index (χ0v) is 16.6. The first-order valence-electron chi connectivity index (χ1n) is 10.2. The smallest absolute Gasteiger partial charge is 0.237 e. The van der Waals surface area contributed by atoms with Gasteiger partial charge in [-0.2, -0.15) is 0 Å². The summed E-state index contributed by atoms with van der Waals surface area (Å²) in [5.41, 5.74) is 1.03. The van der Waals surface area contributed by atoms with Gasteiger partial charge in [-0.25, -0.2) is 0 Å². The number of hydrogen-bond donors (Lipinski definition) is 2. The van der Waals surface area contributed by atoms with E-state index in [4.69, 9.17) is 4.74 Å². The molecule has 1 aromatic carbocycles. The number of benzene rings is 1. The molecule has 2 amide bonds. The van der Waals surface area contributed by atoms with Crippen LogP contribution in [0.5, 0.6) is 5.75 Å². The zero-order valence-electron chi connectivity index (χ0n) is 16.6. The molecule has 0 spiro atoms. The third-order valence-corrected chi connectivity index (χ3v) is 5.68. The van der Waals surface area contributed by atoms with Crippen LogP contribution in [0.15, 0.2) is 24.3 Å². The first kappa shape index (κ1) is 20.6. The van der Waals surface area contributed by atoms with Crippen LogP contribution >= 0.6 is 0 Å². The fraction of sp³-hybridized carbons (Fsp3) is 0.619. The molecule has 2 N–H and O–H groups in total. The lowest BCUT2D eigenvalue weighted by Gasteiger charge is -2.37. The zero-order chi connectivity index (χ0) is 19.9. The quantitative estimate of drug-likeness (QED) is 0.727. The number of carbonyl (C=O) groups is 2. The van der Waals surface area contributed by atoms with E-state index in [1.165, 1.54) is 0 Å². The highest BCUT2D eigenvalue weighted by Crippen LogP contribution is 2.23. The van der Waals surface area contributed by atoms with Gasteiger partial charge in [0.15, 0.2) is 0 Å². The van der Waals surface area contributed by atoms with Gasteiger partial charge < -0.3 is 20.1 Å². The number of likely N-dealkylation sites (tertiary alicyclic amines) is 1. The lowest BCUT2D eigenvalue weighted by atomic mass is 9.97. The van der Waals surface area contributed by atoms with Crippen LogP contribution in [0, 0.1) is 5.92 Å². The normalized spacial score (nSPS) is 21.4. The molecule has 7 heteroatoms. The summed E-state index contributed by atoms with van der Waals surface area (Å²) in [7, 11) is 0. The summed E-state index contributed by atoms with van der Waals surface area (Å²) in [4.78, 5) is 29.3. The van der Waals surface area contributed by atoms with Gasteiger partial charge in [0.1, 0.15) is 5.75 Å². The molecule has 0 aromatic heterocycles. The van der Waals surface area contributed by atoms with Gasteiger partial charge in [-0.3, -0.25) is 14.5 Å². The summed E-state index contributed by atoms with van der Waals surface area (Å²) >= 11 is 0. The van der Waals surface area contributed by atoms with Gasteiger partial charge >= 0.3 is 0 Å². The maximum absolute atomic E-state index is 12.8. The molecule has 0 saturated carbocycles. The number of piperazine rings is 1. The summed E-state index contributed by atoms with van der Waals surface area (Å²) < 4.78 is 5.71. The van der Waals surface area contributed by atoms with Gasteiger partial charge in [-0.15, -0.1) is 0 Å². The lowest BCUT2D eigenvalue weighted by molar-refractivity contribution is -0.140. The van der Waals surface area contributed by atoms with E-state index in [-0.39, 0.29) is 30.8 Å². The van der Waals surface area contributed by atoms with Crippen LogP contribution in [0.1, 0.15) is 31.7 Å². The predicted octanol–water partition coefficient (Wildman–Crippen LogP) is 1.01. The number of hydrogen-bond acceptors (Lipinski definition) is 5. The van der Waals surface area contributed by atoms with E-state index in [0.29, 0.717) is 39.3 Å². The van der Waals surface area contributed by atoms with Crippen LogP contribution in [-0.2, 0) is 16.1 Å². The molecule has 2 aliphatic heterocycles. The number of nitrogens with zero attached hydrogens (tertiary/aromatic N) is 2. The van der Waals surface area contributed by atoms with Crippen molar-refractivity contribution < 1.29 is 19.4 Å². The number of piperidine rings is 1. The molecular weight excluding hydrogens is 358 g/mol. The molecular formula is C21H31N3O4. The van der Waals surface area contributed by atoms with Crippen molar-refractivity contribution in [1.82, 2.24) is 15.1 Å². The second kappa shape index (κ2) is 9.89. The van der Waals surface area contributed by atoms with Crippen molar-refractivity contribution in [3.05, 3.63) is 29.8 Å². The molecule has 0 bridgehead atoms. The van der Waals surface area contributed by atoms with Crippen LogP contribution in [-0.4, -0.2) is 72.2 Å². The van der Waals surface area contributed by atoms with Gasteiger partial charge in [0.05, 0.1) is 19.1 Å². The van der Waals surface area contributed by atoms with E-state index in [0.717, 1.165) is 24.2 Å². The minimum Gasteiger partial charge on any atom is -0.494 e. The maximum atomic E-state index is 12.8. The van der Waals surface area contributed by atoms with Gasteiger partial charge in [0.2, 0.25) is 11.8 Å². The highest BCUT2D eigenvalue weighted by molar-refractivity contribution is 5.88. The fourth-order valence-corrected chi connectivity index (χ4v) is 3.98. The number of carbonyl (C=O) groups excluding carboxylic acids is 2. The first-order chi connectivity index (χ1) is 13.6. The molecule has 1 atom stereocenters. The van der Waals surface area contributed by atoms with Gasteiger partial charge in [0.25, 0.3) is 0 Å². The molecule has 2 fully saturated rings. The van der Waals surface area contributed by atoms with Crippen LogP contribution in [0.2, 0.25) is 0 Å². The minimum atomic E-state index is -0.466. The van der Waals surface area contributed by atoms with Gasteiger partial charge in [-0.05, 0) is 31.7 Å². The Hall–Kier alpha value is -2.12. The van der Waals surface area contributed by atoms with Crippen LogP contribution in [0.3, 0.4) is 0 Å². The topological polar surface area (TPSA) is 82.1 Å². The molecule has 7 nitrogen and oxygen atoms in total. The number of nitrogens with one attached hydrogen (secondary N) is 1. The predicted molar refractivity (Wildman–Crippen MR) is 106 cm³/mol. The molecule has 0 unspecified atom stereocenters. The Morgan fingerprint density at radius 3 is 2.71 bits per heavy atom. The van der Waals surface area contributed by atoms with Crippen molar-refractivity contribution >= 4 is 11.8 Å².